The maximum Gasteiger partial charge on any atom is 0.326 e. The molecular formula is C12H18N4O4. The largest absolute Gasteiger partial charge is 0.480 e. The lowest BCUT2D eigenvalue weighted by molar-refractivity contribution is -0.141. The Hall–Kier alpha value is -2.09. The number of rotatable bonds is 5. The molecule has 1 aliphatic heterocycles. The Morgan fingerprint density at radius 1 is 1.45 bits per heavy atom. The highest BCUT2D eigenvalue weighted by Crippen LogP contribution is 2.17. The van der Waals surface area contributed by atoms with Gasteiger partial charge in [0.2, 0.25) is 0 Å². The summed E-state index contributed by atoms with van der Waals surface area (Å²) < 4.78 is 1.89. The van der Waals surface area contributed by atoms with Crippen LogP contribution in [-0.4, -0.2) is 61.9 Å². The fourth-order valence-corrected chi connectivity index (χ4v) is 2.25. The molecule has 1 saturated heterocycles. The van der Waals surface area contributed by atoms with E-state index in [0.717, 1.165) is 13.0 Å². The van der Waals surface area contributed by atoms with Crippen molar-refractivity contribution in [3.8, 4) is 0 Å². The van der Waals surface area contributed by atoms with Crippen LogP contribution in [0.2, 0.25) is 0 Å². The van der Waals surface area contributed by atoms with Gasteiger partial charge in [-0.3, -0.25) is 0 Å². The molecule has 2 unspecified atom stereocenters. The summed E-state index contributed by atoms with van der Waals surface area (Å²) in [6, 6.07) is -1.39. The van der Waals surface area contributed by atoms with E-state index < -0.39 is 24.1 Å². The van der Waals surface area contributed by atoms with E-state index >= 15 is 0 Å². The Morgan fingerprint density at radius 3 is 2.90 bits per heavy atom. The lowest BCUT2D eigenvalue weighted by Crippen LogP contribution is -2.46. The summed E-state index contributed by atoms with van der Waals surface area (Å²) in [5, 5.41) is 21.1. The first kappa shape index (κ1) is 14.3. The fraction of sp³-hybridized carbons (Fsp3) is 0.583. The molecule has 8 heteroatoms. The van der Waals surface area contributed by atoms with E-state index in [4.69, 9.17) is 5.11 Å². The highest BCUT2D eigenvalue weighted by Gasteiger charge is 2.38. The van der Waals surface area contributed by atoms with Crippen LogP contribution in [-0.2, 0) is 11.3 Å². The summed E-state index contributed by atoms with van der Waals surface area (Å²) in [7, 11) is 0. The van der Waals surface area contributed by atoms with Gasteiger partial charge in [-0.15, -0.1) is 0 Å². The van der Waals surface area contributed by atoms with Crippen molar-refractivity contribution in [3.63, 3.8) is 0 Å². The van der Waals surface area contributed by atoms with E-state index in [-0.39, 0.29) is 13.0 Å². The second kappa shape index (κ2) is 6.38. The number of aliphatic carboxylic acids is 1. The number of carbonyl (C=O) groups excluding carboxylic acids is 1. The zero-order valence-corrected chi connectivity index (χ0v) is 11.0. The molecule has 20 heavy (non-hydrogen) atoms. The third kappa shape index (κ3) is 3.47. The number of nitrogens with one attached hydrogen (secondary N) is 1. The van der Waals surface area contributed by atoms with Gasteiger partial charge in [0, 0.05) is 38.4 Å². The highest BCUT2D eigenvalue weighted by molar-refractivity contribution is 5.83. The Kier molecular flexibility index (Phi) is 4.57. The number of β-amino-alcohol motifs (C(OH)–C–C–N with tert-alkyl or cyclic N) is 1. The van der Waals surface area contributed by atoms with Crippen LogP contribution >= 0.6 is 0 Å². The minimum absolute atomic E-state index is 0.0598. The quantitative estimate of drug-likeness (QED) is 0.631. The van der Waals surface area contributed by atoms with Gasteiger partial charge >= 0.3 is 12.0 Å². The van der Waals surface area contributed by atoms with Crippen LogP contribution in [0.4, 0.5) is 4.79 Å². The van der Waals surface area contributed by atoms with Crippen molar-refractivity contribution >= 4 is 12.0 Å². The van der Waals surface area contributed by atoms with Gasteiger partial charge in [-0.05, 0) is 6.42 Å². The standard InChI is InChI=1S/C12H18N4O4/c17-9-6-10(11(18)19)16(7-9)12(20)14-2-1-4-15-5-3-13-8-15/h3,5,8-10,17H,1-2,4,6-7H2,(H,14,20)(H,18,19). The number of amides is 2. The Balaban J connectivity index is 1.75. The van der Waals surface area contributed by atoms with Gasteiger partial charge in [-0.25, -0.2) is 14.6 Å². The molecule has 8 nitrogen and oxygen atoms in total. The first-order chi connectivity index (χ1) is 9.58. The molecule has 2 rings (SSSR count). The summed E-state index contributed by atoms with van der Waals surface area (Å²) in [6.45, 7) is 1.23. The van der Waals surface area contributed by atoms with Crippen LogP contribution in [0.3, 0.4) is 0 Å². The summed E-state index contributed by atoms with van der Waals surface area (Å²) in [5.41, 5.74) is 0. The number of urea groups is 1. The lowest BCUT2D eigenvalue weighted by atomic mass is 10.2. The molecule has 0 aliphatic carbocycles. The molecule has 0 bridgehead atoms. The molecule has 1 aromatic heterocycles. The molecule has 0 radical (unpaired) electrons. The van der Waals surface area contributed by atoms with Crippen molar-refractivity contribution < 1.29 is 19.8 Å². The first-order valence-electron chi connectivity index (χ1n) is 6.49. The van der Waals surface area contributed by atoms with Crippen LogP contribution in [0.5, 0.6) is 0 Å². The number of aliphatic hydroxyl groups excluding tert-OH is 1. The van der Waals surface area contributed by atoms with Crippen LogP contribution in [0.25, 0.3) is 0 Å². The highest BCUT2D eigenvalue weighted by atomic mass is 16.4. The maximum absolute atomic E-state index is 11.9. The molecule has 110 valence electrons. The number of imidazole rings is 1. The first-order valence-corrected chi connectivity index (χ1v) is 6.49. The number of carboxylic acid groups (broad SMARTS) is 1. The number of nitrogens with zero attached hydrogens (tertiary/aromatic N) is 3. The summed E-state index contributed by atoms with van der Waals surface area (Å²) in [5.74, 6) is -1.09. The molecule has 3 N–H and O–H groups in total. The lowest BCUT2D eigenvalue weighted by Gasteiger charge is -2.21. The van der Waals surface area contributed by atoms with Crippen LogP contribution in [0.1, 0.15) is 12.8 Å². The molecular weight excluding hydrogens is 264 g/mol. The number of likely N-dealkylation sites (tertiary alicyclic amines) is 1. The van der Waals surface area contributed by atoms with Gasteiger partial charge in [0.15, 0.2) is 0 Å². The number of carbonyl (C=O) groups is 2. The van der Waals surface area contributed by atoms with E-state index in [2.05, 4.69) is 10.3 Å². The van der Waals surface area contributed by atoms with Crippen molar-refractivity contribution in [3.05, 3.63) is 18.7 Å². The molecule has 1 fully saturated rings. The van der Waals surface area contributed by atoms with E-state index in [1.807, 2.05) is 10.8 Å². The molecule has 2 atom stereocenters. The Labute approximate surface area is 116 Å². The van der Waals surface area contributed by atoms with Crippen molar-refractivity contribution in [1.82, 2.24) is 19.8 Å². The van der Waals surface area contributed by atoms with Gasteiger partial charge in [-0.2, -0.15) is 0 Å². The molecule has 0 saturated carbocycles. The maximum atomic E-state index is 11.9. The fourth-order valence-electron chi connectivity index (χ4n) is 2.25. The predicted molar refractivity (Wildman–Crippen MR) is 69.0 cm³/mol. The average Bonchev–Trinajstić information content (AvgIpc) is 3.03. The monoisotopic (exact) mass is 282 g/mol. The van der Waals surface area contributed by atoms with Crippen molar-refractivity contribution in [2.24, 2.45) is 0 Å². The number of aryl methyl sites for hydroxylation is 1. The van der Waals surface area contributed by atoms with Crippen LogP contribution in [0, 0.1) is 0 Å². The minimum atomic E-state index is -1.09. The SMILES string of the molecule is O=C(O)C1CC(O)CN1C(=O)NCCCn1ccnc1. The van der Waals surface area contributed by atoms with E-state index in [0.29, 0.717) is 6.54 Å². The second-order valence-corrected chi connectivity index (χ2v) is 4.78. The number of carboxylic acids is 1. The number of hydrogen-bond acceptors (Lipinski definition) is 4. The van der Waals surface area contributed by atoms with Crippen LogP contribution < -0.4 is 5.32 Å². The van der Waals surface area contributed by atoms with Gasteiger partial charge in [0.25, 0.3) is 0 Å². The van der Waals surface area contributed by atoms with E-state index in [1.165, 1.54) is 4.90 Å². The van der Waals surface area contributed by atoms with Gasteiger partial charge < -0.3 is 25.0 Å². The summed E-state index contributed by atoms with van der Waals surface area (Å²) in [4.78, 5) is 28.0. The van der Waals surface area contributed by atoms with Crippen molar-refractivity contribution in [2.75, 3.05) is 13.1 Å². The molecule has 1 aliphatic rings. The predicted octanol–water partition coefficient (Wildman–Crippen LogP) is -0.497. The number of aliphatic hydroxyl groups is 1. The third-order valence-corrected chi connectivity index (χ3v) is 3.25. The number of aromatic nitrogens is 2. The van der Waals surface area contributed by atoms with E-state index in [1.54, 1.807) is 12.5 Å². The molecule has 2 amide bonds. The van der Waals surface area contributed by atoms with Crippen LogP contribution in [0.15, 0.2) is 18.7 Å². The average molecular weight is 282 g/mol. The Bertz CT molecular complexity index is 462. The molecule has 0 aromatic carbocycles. The van der Waals surface area contributed by atoms with Crippen molar-refractivity contribution in [1.29, 1.82) is 0 Å². The smallest absolute Gasteiger partial charge is 0.326 e. The number of hydrogen-bond donors (Lipinski definition) is 3. The van der Waals surface area contributed by atoms with Gasteiger partial charge in [-0.1, -0.05) is 0 Å². The molecule has 1 aromatic rings. The van der Waals surface area contributed by atoms with Gasteiger partial charge in [0.05, 0.1) is 12.4 Å². The van der Waals surface area contributed by atoms with Crippen molar-refractivity contribution in [2.45, 2.75) is 31.5 Å². The molecule has 2 heterocycles. The zero-order valence-electron chi connectivity index (χ0n) is 11.0. The second-order valence-electron chi connectivity index (χ2n) is 4.78. The summed E-state index contributed by atoms with van der Waals surface area (Å²) in [6.07, 6.45) is 5.24. The normalized spacial score (nSPS) is 21.9. The third-order valence-electron chi connectivity index (χ3n) is 3.25. The van der Waals surface area contributed by atoms with Gasteiger partial charge in [0.1, 0.15) is 6.04 Å². The summed E-state index contributed by atoms with van der Waals surface area (Å²) >= 11 is 0. The minimum Gasteiger partial charge on any atom is -0.480 e. The Morgan fingerprint density at radius 2 is 2.25 bits per heavy atom. The zero-order chi connectivity index (χ0) is 14.5. The van der Waals surface area contributed by atoms with E-state index in [9.17, 15) is 14.7 Å². The topological polar surface area (TPSA) is 108 Å². The molecule has 0 spiro atoms.